The van der Waals surface area contributed by atoms with Crippen molar-refractivity contribution in [2.75, 3.05) is 5.73 Å². The van der Waals surface area contributed by atoms with Gasteiger partial charge in [-0.05, 0) is 30.0 Å². The van der Waals surface area contributed by atoms with Gasteiger partial charge in [-0.15, -0.1) is 0 Å². The van der Waals surface area contributed by atoms with Gasteiger partial charge in [-0.25, -0.2) is 9.07 Å². The molecule has 1 aromatic carbocycles. The molecule has 0 radical (unpaired) electrons. The van der Waals surface area contributed by atoms with E-state index in [-0.39, 0.29) is 17.1 Å². The predicted octanol–water partition coefficient (Wildman–Crippen LogP) is 2.15. The van der Waals surface area contributed by atoms with E-state index < -0.39 is 0 Å². The Hall–Kier alpha value is -2.04. The molecule has 0 bridgehead atoms. The van der Waals surface area contributed by atoms with Crippen molar-refractivity contribution >= 4 is 5.69 Å². The number of hydrogen-bond acceptors (Lipinski definition) is 2. The molecule has 0 saturated carbocycles. The summed E-state index contributed by atoms with van der Waals surface area (Å²) < 4.78 is 16.5. The summed E-state index contributed by atoms with van der Waals surface area (Å²) in [4.78, 5) is 12.2. The van der Waals surface area contributed by atoms with Crippen LogP contribution in [-0.4, -0.2) is 9.36 Å². The molecule has 1 aromatic heterocycles. The van der Waals surface area contributed by atoms with E-state index in [2.05, 4.69) is 13.8 Å². The lowest BCUT2D eigenvalue weighted by Crippen LogP contribution is -2.23. The maximum Gasteiger partial charge on any atom is 0.290 e. The fraction of sp³-hybridized carbons (Fsp3) is 0.400. The molecule has 5 heteroatoms. The van der Waals surface area contributed by atoms with Gasteiger partial charge < -0.3 is 5.73 Å². The van der Waals surface area contributed by atoms with Gasteiger partial charge in [0, 0.05) is 7.05 Å². The van der Waals surface area contributed by atoms with Gasteiger partial charge in [0.1, 0.15) is 11.5 Å². The first-order valence-corrected chi connectivity index (χ1v) is 6.68. The fourth-order valence-electron chi connectivity index (χ4n) is 2.33. The van der Waals surface area contributed by atoms with Crippen LogP contribution >= 0.6 is 0 Å². The first-order valence-electron chi connectivity index (χ1n) is 6.68. The standard InChI is InChI=1S/C15H20FN3O/c1-10(2)7-13-14(17)15(20)19(18(13)3)9-11-5-4-6-12(16)8-11/h4-6,8,10H,7,9,17H2,1-3H3. The van der Waals surface area contributed by atoms with E-state index in [9.17, 15) is 9.18 Å². The van der Waals surface area contributed by atoms with E-state index in [0.717, 1.165) is 17.7 Å². The van der Waals surface area contributed by atoms with Crippen molar-refractivity contribution in [1.82, 2.24) is 9.36 Å². The molecule has 0 amide bonds. The third-order valence-corrected chi connectivity index (χ3v) is 3.35. The summed E-state index contributed by atoms with van der Waals surface area (Å²) in [5, 5.41) is 0. The van der Waals surface area contributed by atoms with E-state index in [0.29, 0.717) is 12.5 Å². The van der Waals surface area contributed by atoms with Crippen LogP contribution in [0.2, 0.25) is 0 Å². The third kappa shape index (κ3) is 2.76. The number of hydrogen-bond donors (Lipinski definition) is 1. The van der Waals surface area contributed by atoms with E-state index in [4.69, 9.17) is 5.73 Å². The Bertz CT molecular complexity index is 670. The maximum atomic E-state index is 13.2. The summed E-state index contributed by atoms with van der Waals surface area (Å²) in [5.74, 6) is 0.105. The van der Waals surface area contributed by atoms with Gasteiger partial charge in [0.05, 0.1) is 12.2 Å². The van der Waals surface area contributed by atoms with E-state index in [1.54, 1.807) is 21.5 Å². The predicted molar refractivity (Wildman–Crippen MR) is 78.1 cm³/mol. The smallest absolute Gasteiger partial charge is 0.290 e. The highest BCUT2D eigenvalue weighted by Gasteiger charge is 2.16. The van der Waals surface area contributed by atoms with Crippen molar-refractivity contribution in [3.05, 3.63) is 51.7 Å². The summed E-state index contributed by atoms with van der Waals surface area (Å²) in [7, 11) is 1.81. The third-order valence-electron chi connectivity index (χ3n) is 3.35. The van der Waals surface area contributed by atoms with Crippen LogP contribution in [-0.2, 0) is 20.0 Å². The molecule has 2 aromatic rings. The quantitative estimate of drug-likeness (QED) is 0.931. The minimum Gasteiger partial charge on any atom is -0.393 e. The van der Waals surface area contributed by atoms with Crippen molar-refractivity contribution in [3.63, 3.8) is 0 Å². The minimum atomic E-state index is -0.305. The average Bonchev–Trinajstić information content (AvgIpc) is 2.56. The normalized spacial score (nSPS) is 11.2. The second-order valence-corrected chi connectivity index (χ2v) is 5.47. The zero-order valence-corrected chi connectivity index (χ0v) is 12.1. The van der Waals surface area contributed by atoms with Gasteiger partial charge >= 0.3 is 0 Å². The van der Waals surface area contributed by atoms with Gasteiger partial charge in [-0.3, -0.25) is 9.48 Å². The lowest BCUT2D eigenvalue weighted by atomic mass is 10.1. The molecule has 20 heavy (non-hydrogen) atoms. The highest BCUT2D eigenvalue weighted by molar-refractivity contribution is 5.42. The Balaban J connectivity index is 2.40. The monoisotopic (exact) mass is 277 g/mol. The van der Waals surface area contributed by atoms with E-state index in [1.165, 1.54) is 12.1 Å². The van der Waals surface area contributed by atoms with Gasteiger partial charge in [-0.1, -0.05) is 26.0 Å². The lowest BCUT2D eigenvalue weighted by molar-refractivity contribution is 0.498. The Morgan fingerprint density at radius 3 is 2.65 bits per heavy atom. The molecule has 0 saturated heterocycles. The van der Waals surface area contributed by atoms with Crippen LogP contribution in [0.15, 0.2) is 29.1 Å². The first-order chi connectivity index (χ1) is 9.40. The van der Waals surface area contributed by atoms with Crippen LogP contribution in [0.3, 0.4) is 0 Å². The summed E-state index contributed by atoms with van der Waals surface area (Å²) >= 11 is 0. The van der Waals surface area contributed by atoms with Crippen LogP contribution in [0.25, 0.3) is 0 Å². The van der Waals surface area contributed by atoms with Crippen molar-refractivity contribution in [1.29, 1.82) is 0 Å². The molecule has 0 spiro atoms. The van der Waals surface area contributed by atoms with Crippen molar-refractivity contribution in [3.8, 4) is 0 Å². The second-order valence-electron chi connectivity index (χ2n) is 5.47. The van der Waals surface area contributed by atoms with Crippen LogP contribution in [0, 0.1) is 11.7 Å². The number of nitrogens with two attached hydrogens (primary N) is 1. The van der Waals surface area contributed by atoms with Crippen molar-refractivity contribution < 1.29 is 4.39 Å². The van der Waals surface area contributed by atoms with Crippen LogP contribution in [0.4, 0.5) is 10.1 Å². The second kappa shape index (κ2) is 5.53. The number of benzene rings is 1. The Labute approximate surface area is 117 Å². The van der Waals surface area contributed by atoms with Crippen molar-refractivity contribution in [2.45, 2.75) is 26.8 Å². The maximum absolute atomic E-state index is 13.2. The highest BCUT2D eigenvalue weighted by atomic mass is 19.1. The van der Waals surface area contributed by atoms with Gasteiger partial charge in [0.25, 0.3) is 5.56 Å². The fourth-order valence-corrected chi connectivity index (χ4v) is 2.33. The summed E-state index contributed by atoms with van der Waals surface area (Å²) in [6.07, 6.45) is 0.744. The van der Waals surface area contributed by atoms with Crippen LogP contribution in [0.5, 0.6) is 0 Å². The van der Waals surface area contributed by atoms with Gasteiger partial charge in [0.2, 0.25) is 0 Å². The van der Waals surface area contributed by atoms with E-state index >= 15 is 0 Å². The average molecular weight is 277 g/mol. The molecule has 1 heterocycles. The number of aromatic nitrogens is 2. The molecule has 108 valence electrons. The summed E-state index contributed by atoms with van der Waals surface area (Å²) in [5.41, 5.74) is 7.56. The molecule has 0 unspecified atom stereocenters. The zero-order chi connectivity index (χ0) is 14.9. The van der Waals surface area contributed by atoms with Gasteiger partial charge in [0.15, 0.2) is 0 Å². The number of halogens is 1. The lowest BCUT2D eigenvalue weighted by Gasteiger charge is -2.11. The van der Waals surface area contributed by atoms with Crippen LogP contribution in [0.1, 0.15) is 25.1 Å². The molecule has 0 aliphatic heterocycles. The summed E-state index contributed by atoms with van der Waals surface area (Å²) in [6, 6.07) is 6.24. The number of nitrogen functional groups attached to an aromatic ring is 1. The number of anilines is 1. The Morgan fingerprint density at radius 2 is 2.05 bits per heavy atom. The number of rotatable bonds is 4. The summed E-state index contributed by atoms with van der Waals surface area (Å²) in [6.45, 7) is 4.47. The highest BCUT2D eigenvalue weighted by Crippen LogP contribution is 2.14. The van der Waals surface area contributed by atoms with Crippen LogP contribution < -0.4 is 11.3 Å². The largest absolute Gasteiger partial charge is 0.393 e. The number of nitrogens with zero attached hydrogens (tertiary/aromatic N) is 2. The molecule has 2 N–H and O–H groups in total. The SMILES string of the molecule is CC(C)Cc1c(N)c(=O)n(Cc2cccc(F)c2)n1C. The van der Waals surface area contributed by atoms with Gasteiger partial charge in [-0.2, -0.15) is 0 Å². The molecular weight excluding hydrogens is 257 g/mol. The molecule has 0 atom stereocenters. The molecule has 2 rings (SSSR count). The van der Waals surface area contributed by atoms with E-state index in [1.807, 2.05) is 7.05 Å². The molecular formula is C15H20FN3O. The first kappa shape index (κ1) is 14.4. The minimum absolute atomic E-state index is 0.215. The Morgan fingerprint density at radius 1 is 1.35 bits per heavy atom. The topological polar surface area (TPSA) is 53.0 Å². The molecule has 4 nitrogen and oxygen atoms in total. The Kier molecular flexibility index (Phi) is 3.97. The molecule has 0 aliphatic carbocycles. The van der Waals surface area contributed by atoms with Crippen molar-refractivity contribution in [2.24, 2.45) is 13.0 Å². The zero-order valence-electron chi connectivity index (χ0n) is 12.1. The molecule has 0 aliphatic rings. The molecule has 0 fully saturated rings.